The summed E-state index contributed by atoms with van der Waals surface area (Å²) in [5.41, 5.74) is 0. The van der Waals surface area contributed by atoms with Gasteiger partial charge >= 0.3 is 6.18 Å². The molecule has 0 fully saturated rings. The third-order valence-corrected chi connectivity index (χ3v) is 3.03. The molecule has 0 bridgehead atoms. The Hall–Kier alpha value is -0.820. The Bertz CT molecular complexity index is 268. The predicted molar refractivity (Wildman–Crippen MR) is 66.7 cm³/mol. The normalized spacial score (nSPS) is 13.9. The van der Waals surface area contributed by atoms with E-state index in [1.165, 1.54) is 6.92 Å². The van der Waals surface area contributed by atoms with Crippen LogP contribution in [-0.4, -0.2) is 53.9 Å². The third-order valence-electron chi connectivity index (χ3n) is 3.03. The van der Waals surface area contributed by atoms with Crippen LogP contribution in [0.25, 0.3) is 0 Å². The van der Waals surface area contributed by atoms with Crippen molar-refractivity contribution >= 4 is 5.91 Å². The molecule has 1 unspecified atom stereocenters. The van der Waals surface area contributed by atoms with Gasteiger partial charge in [-0.15, -0.1) is 0 Å². The van der Waals surface area contributed by atoms with Crippen LogP contribution in [-0.2, 0) is 4.79 Å². The van der Waals surface area contributed by atoms with Crippen molar-refractivity contribution < 1.29 is 23.1 Å². The fourth-order valence-electron chi connectivity index (χ4n) is 1.75. The quantitative estimate of drug-likeness (QED) is 0.711. The smallest absolute Gasteiger partial charge is 0.395 e. The van der Waals surface area contributed by atoms with Gasteiger partial charge in [-0.3, -0.25) is 9.69 Å². The zero-order chi connectivity index (χ0) is 15.1. The minimum absolute atomic E-state index is 0.0307. The highest BCUT2D eigenvalue weighted by atomic mass is 19.4. The van der Waals surface area contributed by atoms with Crippen molar-refractivity contribution in [1.29, 1.82) is 0 Å². The first kappa shape index (κ1) is 18.2. The molecule has 0 aliphatic heterocycles. The molecule has 0 aromatic rings. The Kier molecular flexibility index (Phi) is 8.01. The highest BCUT2D eigenvalue weighted by Gasteiger charge is 2.34. The molecule has 7 heteroatoms. The Morgan fingerprint density at radius 3 is 2.21 bits per heavy atom. The first-order valence-corrected chi connectivity index (χ1v) is 6.47. The Balaban J connectivity index is 4.60. The second-order valence-corrected chi connectivity index (χ2v) is 4.51. The van der Waals surface area contributed by atoms with Gasteiger partial charge in [-0.1, -0.05) is 13.8 Å². The number of nitrogens with zero attached hydrogens (tertiary/aromatic N) is 1. The van der Waals surface area contributed by atoms with E-state index in [0.29, 0.717) is 0 Å². The molecule has 0 spiro atoms. The summed E-state index contributed by atoms with van der Waals surface area (Å²) in [7, 11) is 0. The van der Waals surface area contributed by atoms with Gasteiger partial charge in [0.2, 0.25) is 5.91 Å². The van der Waals surface area contributed by atoms with Gasteiger partial charge in [-0.05, 0) is 19.8 Å². The van der Waals surface area contributed by atoms with Crippen molar-refractivity contribution in [2.24, 2.45) is 0 Å². The number of carbonyl (C=O) groups is 1. The summed E-state index contributed by atoms with van der Waals surface area (Å²) in [5.74, 6) is -0.439. The molecule has 2 N–H and O–H groups in total. The number of carbonyl (C=O) groups excluding carboxylic acids is 1. The van der Waals surface area contributed by atoms with Gasteiger partial charge < -0.3 is 10.4 Å². The van der Waals surface area contributed by atoms with Crippen molar-refractivity contribution in [2.45, 2.75) is 51.9 Å². The lowest BCUT2D eigenvalue weighted by Gasteiger charge is -2.29. The molecule has 1 amide bonds. The number of aliphatic hydroxyl groups is 1. The molecule has 0 heterocycles. The molecule has 0 radical (unpaired) electrons. The lowest BCUT2D eigenvalue weighted by Crippen LogP contribution is -2.51. The first-order chi connectivity index (χ1) is 8.75. The molecule has 0 aromatic heterocycles. The van der Waals surface area contributed by atoms with Crippen LogP contribution in [0.15, 0.2) is 0 Å². The molecule has 0 rings (SSSR count). The molecule has 0 aliphatic rings. The molecule has 0 saturated carbocycles. The van der Waals surface area contributed by atoms with Gasteiger partial charge in [-0.2, -0.15) is 13.2 Å². The average Bonchev–Trinajstić information content (AvgIpc) is 2.32. The van der Waals surface area contributed by atoms with Crippen LogP contribution in [0, 0.1) is 0 Å². The van der Waals surface area contributed by atoms with Crippen LogP contribution in [0.5, 0.6) is 0 Å². The number of rotatable bonds is 8. The number of hydrogen-bond acceptors (Lipinski definition) is 3. The molecule has 0 aromatic carbocycles. The minimum atomic E-state index is -4.39. The van der Waals surface area contributed by atoms with E-state index in [4.69, 9.17) is 5.11 Å². The van der Waals surface area contributed by atoms with Gasteiger partial charge in [0.25, 0.3) is 0 Å². The van der Waals surface area contributed by atoms with Gasteiger partial charge in [0.05, 0.1) is 19.2 Å². The standard InChI is InChI=1S/C12H23F3N2O2/c1-4-10(5-2)16-11(19)9(3)17(6-7-18)8-12(13,14)15/h9-10,18H,4-8H2,1-3H3,(H,16,19). The largest absolute Gasteiger partial charge is 0.401 e. The number of alkyl halides is 3. The molecule has 19 heavy (non-hydrogen) atoms. The fourth-order valence-corrected chi connectivity index (χ4v) is 1.75. The Morgan fingerprint density at radius 1 is 1.32 bits per heavy atom. The summed E-state index contributed by atoms with van der Waals surface area (Å²) >= 11 is 0. The topological polar surface area (TPSA) is 52.6 Å². The number of halogens is 3. The summed E-state index contributed by atoms with van der Waals surface area (Å²) in [6.45, 7) is 3.42. The Labute approximate surface area is 112 Å². The van der Waals surface area contributed by atoms with Crippen LogP contribution in [0.2, 0.25) is 0 Å². The van der Waals surface area contributed by atoms with Crippen LogP contribution in [0.1, 0.15) is 33.6 Å². The zero-order valence-corrected chi connectivity index (χ0v) is 11.6. The molecular weight excluding hydrogens is 261 g/mol. The monoisotopic (exact) mass is 284 g/mol. The number of hydrogen-bond donors (Lipinski definition) is 2. The summed E-state index contributed by atoms with van der Waals surface area (Å²) in [6.07, 6.45) is -2.93. The van der Waals surface area contributed by atoms with Crippen LogP contribution >= 0.6 is 0 Å². The lowest BCUT2D eigenvalue weighted by atomic mass is 10.1. The van der Waals surface area contributed by atoms with E-state index in [9.17, 15) is 18.0 Å². The second kappa shape index (κ2) is 8.37. The fraction of sp³-hybridized carbons (Fsp3) is 0.917. The minimum Gasteiger partial charge on any atom is -0.395 e. The SMILES string of the molecule is CCC(CC)NC(=O)C(C)N(CCO)CC(F)(F)F. The van der Waals surface area contributed by atoms with Crippen LogP contribution in [0.4, 0.5) is 13.2 Å². The van der Waals surface area contributed by atoms with Crippen molar-refractivity contribution in [3.8, 4) is 0 Å². The zero-order valence-electron chi connectivity index (χ0n) is 11.6. The number of amides is 1. The molecule has 114 valence electrons. The summed E-state index contributed by atoms with van der Waals surface area (Å²) in [5, 5.41) is 11.5. The number of nitrogens with one attached hydrogen (secondary N) is 1. The molecule has 0 saturated heterocycles. The maximum Gasteiger partial charge on any atom is 0.401 e. The van der Waals surface area contributed by atoms with Gasteiger partial charge in [0, 0.05) is 12.6 Å². The first-order valence-electron chi connectivity index (χ1n) is 6.47. The predicted octanol–water partition coefficient (Wildman–Crippen LogP) is 1.54. The molecular formula is C12H23F3N2O2. The van der Waals surface area contributed by atoms with Crippen molar-refractivity contribution in [1.82, 2.24) is 10.2 Å². The van der Waals surface area contributed by atoms with Crippen molar-refractivity contribution in [2.75, 3.05) is 19.7 Å². The van der Waals surface area contributed by atoms with E-state index >= 15 is 0 Å². The summed E-state index contributed by atoms with van der Waals surface area (Å²) in [4.78, 5) is 12.8. The van der Waals surface area contributed by atoms with E-state index in [1.807, 2.05) is 13.8 Å². The molecule has 1 atom stereocenters. The lowest BCUT2D eigenvalue weighted by molar-refractivity contribution is -0.155. The highest BCUT2D eigenvalue weighted by Crippen LogP contribution is 2.18. The van der Waals surface area contributed by atoms with Gasteiger partial charge in [-0.25, -0.2) is 0 Å². The van der Waals surface area contributed by atoms with E-state index in [1.54, 1.807) is 0 Å². The van der Waals surface area contributed by atoms with Crippen LogP contribution in [0.3, 0.4) is 0 Å². The van der Waals surface area contributed by atoms with Crippen molar-refractivity contribution in [3.05, 3.63) is 0 Å². The molecule has 4 nitrogen and oxygen atoms in total. The molecule has 0 aliphatic carbocycles. The van der Waals surface area contributed by atoms with E-state index < -0.39 is 31.3 Å². The number of aliphatic hydroxyl groups excluding tert-OH is 1. The Morgan fingerprint density at radius 2 is 1.84 bits per heavy atom. The van der Waals surface area contributed by atoms with E-state index in [0.717, 1.165) is 17.7 Å². The maximum absolute atomic E-state index is 12.4. The highest BCUT2D eigenvalue weighted by molar-refractivity contribution is 5.81. The average molecular weight is 284 g/mol. The van der Waals surface area contributed by atoms with E-state index in [2.05, 4.69) is 5.32 Å². The third kappa shape index (κ3) is 7.37. The van der Waals surface area contributed by atoms with Gasteiger partial charge in [0.1, 0.15) is 0 Å². The van der Waals surface area contributed by atoms with Crippen LogP contribution < -0.4 is 5.32 Å². The van der Waals surface area contributed by atoms with Crippen molar-refractivity contribution in [3.63, 3.8) is 0 Å². The summed E-state index contributed by atoms with van der Waals surface area (Å²) < 4.78 is 37.2. The van der Waals surface area contributed by atoms with E-state index in [-0.39, 0.29) is 12.6 Å². The maximum atomic E-state index is 12.4. The second-order valence-electron chi connectivity index (χ2n) is 4.51. The van der Waals surface area contributed by atoms with Gasteiger partial charge in [0.15, 0.2) is 0 Å². The summed E-state index contributed by atoms with van der Waals surface area (Å²) in [6, 6.07) is -0.953.